The van der Waals surface area contributed by atoms with Gasteiger partial charge in [0.25, 0.3) is 0 Å². The van der Waals surface area contributed by atoms with Gasteiger partial charge in [-0.1, -0.05) is 229 Å². The van der Waals surface area contributed by atoms with Gasteiger partial charge in [0.1, 0.15) is 13.2 Å². The van der Waals surface area contributed by atoms with Crippen LogP contribution in [0.5, 0.6) is 0 Å². The second-order valence-corrected chi connectivity index (χ2v) is 17.4. The van der Waals surface area contributed by atoms with E-state index in [4.69, 9.17) is 14.2 Å². The van der Waals surface area contributed by atoms with E-state index < -0.39 is 12.1 Å². The van der Waals surface area contributed by atoms with Crippen LogP contribution in [0.1, 0.15) is 201 Å². The molecule has 0 fully saturated rings. The minimum absolute atomic E-state index is 0.146. The average Bonchev–Trinajstić information content (AvgIpc) is 3.37. The Labute approximate surface area is 434 Å². The van der Waals surface area contributed by atoms with Crippen molar-refractivity contribution in [3.8, 4) is 0 Å². The van der Waals surface area contributed by atoms with Crippen molar-refractivity contribution in [3.63, 3.8) is 0 Å². The fourth-order valence-electron chi connectivity index (χ4n) is 6.66. The fraction of sp³-hybridized carbons (Fsp3) is 0.523. The third-order valence-electron chi connectivity index (χ3n) is 10.7. The minimum Gasteiger partial charge on any atom is -0.462 e. The zero-order chi connectivity index (χ0) is 51.4. The first-order chi connectivity index (χ1) is 35.0. The predicted octanol–water partition coefficient (Wildman–Crippen LogP) is 18.8. The van der Waals surface area contributed by atoms with Crippen molar-refractivity contribution >= 4 is 17.9 Å². The Morgan fingerprint density at radius 1 is 0.310 bits per heavy atom. The minimum atomic E-state index is -0.864. The van der Waals surface area contributed by atoms with Gasteiger partial charge in [-0.05, 0) is 122 Å². The summed E-state index contributed by atoms with van der Waals surface area (Å²) in [7, 11) is 0. The number of esters is 3. The van der Waals surface area contributed by atoms with Crippen LogP contribution in [0.4, 0.5) is 0 Å². The number of rotatable bonds is 47. The Morgan fingerprint density at radius 3 is 1.00 bits per heavy atom. The molecule has 0 aliphatic rings. The van der Waals surface area contributed by atoms with Gasteiger partial charge in [-0.3, -0.25) is 14.4 Å². The molecule has 0 heterocycles. The molecule has 0 amide bonds. The van der Waals surface area contributed by atoms with Crippen LogP contribution in [-0.2, 0) is 28.6 Å². The standard InChI is InChI=1S/C65H98O6/c1-4-7-10-13-16-19-22-25-28-30-32-34-37-40-43-46-49-52-55-58-64(67)70-61-62(60-69-63(66)57-54-51-48-45-42-39-36-27-24-21-18-15-12-9-6-3)71-65(68)59-56-53-50-47-44-41-38-35-33-31-29-26-23-20-17-14-11-8-5-2/h7-8,10-11,16-21,24-29,32-35,40-41,43-44,49-50,52-53,62H,4-6,9,12-15,22-23,30-31,36-39,42,45-48,51,54-61H2,1-3H3/b10-7-,11-8-,19-16-,20-17-,21-18-,27-24-,28-25-,29-26-,34-32-,35-33-,43-40-,44-41-,52-49-,53-50-. The largest absolute Gasteiger partial charge is 0.462 e. The number of carbonyl (C=O) groups excluding carboxylic acids is 3. The smallest absolute Gasteiger partial charge is 0.306 e. The molecule has 0 rings (SSSR count). The number of hydrogen-bond donors (Lipinski definition) is 0. The maximum atomic E-state index is 12.8. The molecule has 0 aromatic heterocycles. The molecular weight excluding hydrogens is 877 g/mol. The van der Waals surface area contributed by atoms with Crippen molar-refractivity contribution in [2.75, 3.05) is 13.2 Å². The van der Waals surface area contributed by atoms with Gasteiger partial charge in [0.05, 0.1) is 0 Å². The topological polar surface area (TPSA) is 78.9 Å². The summed E-state index contributed by atoms with van der Waals surface area (Å²) in [6.45, 7) is 6.22. The van der Waals surface area contributed by atoms with E-state index >= 15 is 0 Å². The van der Waals surface area contributed by atoms with E-state index in [2.05, 4.69) is 167 Å². The van der Waals surface area contributed by atoms with Crippen molar-refractivity contribution in [2.45, 2.75) is 207 Å². The van der Waals surface area contributed by atoms with Crippen LogP contribution in [0.15, 0.2) is 170 Å². The molecule has 394 valence electrons. The number of hydrogen-bond acceptors (Lipinski definition) is 6. The Morgan fingerprint density at radius 2 is 0.620 bits per heavy atom. The van der Waals surface area contributed by atoms with Crippen LogP contribution in [0.2, 0.25) is 0 Å². The van der Waals surface area contributed by atoms with Gasteiger partial charge in [0.15, 0.2) is 6.10 Å². The van der Waals surface area contributed by atoms with Crippen LogP contribution in [0.3, 0.4) is 0 Å². The highest BCUT2D eigenvalue weighted by atomic mass is 16.6. The van der Waals surface area contributed by atoms with Crippen LogP contribution in [0.25, 0.3) is 0 Å². The van der Waals surface area contributed by atoms with Gasteiger partial charge in [0.2, 0.25) is 0 Å². The Balaban J connectivity index is 4.68. The van der Waals surface area contributed by atoms with Gasteiger partial charge in [-0.2, -0.15) is 0 Å². The number of unbranched alkanes of at least 4 members (excludes halogenated alkanes) is 9. The van der Waals surface area contributed by atoms with Crippen LogP contribution in [0, 0.1) is 0 Å². The summed E-state index contributed by atoms with van der Waals surface area (Å²) in [6, 6.07) is 0. The highest BCUT2D eigenvalue weighted by Gasteiger charge is 2.19. The van der Waals surface area contributed by atoms with Crippen molar-refractivity contribution in [1.29, 1.82) is 0 Å². The summed E-state index contributed by atoms with van der Waals surface area (Å²) in [4.78, 5) is 38.1. The molecule has 0 saturated carbocycles. The van der Waals surface area contributed by atoms with E-state index in [-0.39, 0.29) is 38.0 Å². The lowest BCUT2D eigenvalue weighted by Gasteiger charge is -2.18. The van der Waals surface area contributed by atoms with E-state index in [9.17, 15) is 14.4 Å². The lowest BCUT2D eigenvalue weighted by molar-refractivity contribution is -0.166. The molecular formula is C65H98O6. The third kappa shape index (κ3) is 55.6. The molecule has 6 nitrogen and oxygen atoms in total. The van der Waals surface area contributed by atoms with Crippen molar-refractivity contribution in [2.24, 2.45) is 0 Å². The predicted molar refractivity (Wildman–Crippen MR) is 306 cm³/mol. The molecule has 1 atom stereocenters. The van der Waals surface area contributed by atoms with Crippen molar-refractivity contribution < 1.29 is 28.6 Å². The molecule has 6 heteroatoms. The van der Waals surface area contributed by atoms with Crippen molar-refractivity contribution in [1.82, 2.24) is 0 Å². The van der Waals surface area contributed by atoms with Gasteiger partial charge < -0.3 is 14.2 Å². The van der Waals surface area contributed by atoms with Crippen LogP contribution < -0.4 is 0 Å². The van der Waals surface area contributed by atoms with Gasteiger partial charge >= 0.3 is 17.9 Å². The Hall–Kier alpha value is -5.23. The summed E-state index contributed by atoms with van der Waals surface area (Å²) in [6.07, 6.45) is 85.0. The Kier molecular flexibility index (Phi) is 53.1. The molecule has 0 N–H and O–H groups in total. The maximum absolute atomic E-state index is 12.8. The first-order valence-corrected chi connectivity index (χ1v) is 27.7. The van der Waals surface area contributed by atoms with E-state index in [1.54, 1.807) is 0 Å². The van der Waals surface area contributed by atoms with Crippen molar-refractivity contribution in [3.05, 3.63) is 170 Å². The van der Waals surface area contributed by atoms with E-state index in [0.29, 0.717) is 19.3 Å². The zero-order valence-corrected chi connectivity index (χ0v) is 44.9. The zero-order valence-electron chi connectivity index (χ0n) is 44.9. The second kappa shape index (κ2) is 57.3. The molecule has 0 aliphatic carbocycles. The quantitative estimate of drug-likeness (QED) is 0.0199. The molecule has 0 aromatic carbocycles. The molecule has 0 aliphatic heterocycles. The highest BCUT2D eigenvalue weighted by molar-refractivity contribution is 5.71. The monoisotopic (exact) mass is 975 g/mol. The lowest BCUT2D eigenvalue weighted by Crippen LogP contribution is -2.30. The number of carbonyl (C=O) groups is 3. The summed E-state index contributed by atoms with van der Waals surface area (Å²) in [5.41, 5.74) is 0. The molecule has 0 bridgehead atoms. The molecule has 0 spiro atoms. The van der Waals surface area contributed by atoms with Gasteiger partial charge in [-0.15, -0.1) is 0 Å². The van der Waals surface area contributed by atoms with E-state index in [0.717, 1.165) is 116 Å². The second-order valence-electron chi connectivity index (χ2n) is 17.4. The molecule has 1 unspecified atom stereocenters. The summed E-state index contributed by atoms with van der Waals surface area (Å²) < 4.78 is 16.7. The van der Waals surface area contributed by atoms with Gasteiger partial charge in [0, 0.05) is 19.3 Å². The normalized spacial score (nSPS) is 13.5. The SMILES string of the molecule is CC/C=C\C/C=C\C/C=C\C/C=C\C/C=C\C/C=C\CCC(=O)OCC(COC(=O)CCCCCCCC/C=C\C=C/CCCCC)OC(=O)CC/C=C\C/C=C\C/C=C\C/C=C\C/C=C\C/C=C\CC. The number of allylic oxidation sites excluding steroid dienone is 28. The summed E-state index contributed by atoms with van der Waals surface area (Å²) >= 11 is 0. The molecule has 0 saturated heterocycles. The summed E-state index contributed by atoms with van der Waals surface area (Å²) in [5, 5.41) is 0. The highest BCUT2D eigenvalue weighted by Crippen LogP contribution is 2.11. The first-order valence-electron chi connectivity index (χ1n) is 27.7. The van der Waals surface area contributed by atoms with E-state index in [1.807, 2.05) is 24.3 Å². The third-order valence-corrected chi connectivity index (χ3v) is 10.7. The number of ether oxygens (including phenoxy) is 3. The fourth-order valence-corrected chi connectivity index (χ4v) is 6.66. The lowest BCUT2D eigenvalue weighted by atomic mass is 10.1. The van der Waals surface area contributed by atoms with E-state index in [1.165, 1.54) is 32.1 Å². The van der Waals surface area contributed by atoms with Gasteiger partial charge in [-0.25, -0.2) is 0 Å². The maximum Gasteiger partial charge on any atom is 0.306 e. The average molecular weight is 975 g/mol. The van der Waals surface area contributed by atoms with Crippen LogP contribution in [-0.4, -0.2) is 37.2 Å². The Bertz CT molecular complexity index is 1690. The molecule has 71 heavy (non-hydrogen) atoms. The summed E-state index contributed by atoms with van der Waals surface area (Å²) in [5.74, 6) is -1.14. The molecule has 0 radical (unpaired) electrons. The van der Waals surface area contributed by atoms with Crippen LogP contribution >= 0.6 is 0 Å². The molecule has 0 aromatic rings. The first kappa shape index (κ1) is 65.8.